The van der Waals surface area contributed by atoms with E-state index in [1.54, 1.807) is 62.0 Å². The minimum atomic E-state index is -0.175. The molecule has 0 saturated heterocycles. The Kier molecular flexibility index (Phi) is 6.27. The van der Waals surface area contributed by atoms with Gasteiger partial charge in [-0.1, -0.05) is 11.8 Å². The molecule has 0 saturated carbocycles. The van der Waals surface area contributed by atoms with Crippen LogP contribution in [-0.2, 0) is 18.9 Å². The maximum atomic E-state index is 12.3. The van der Waals surface area contributed by atoms with Gasteiger partial charge in [0.15, 0.2) is 22.5 Å². The van der Waals surface area contributed by atoms with E-state index in [0.717, 1.165) is 5.56 Å². The Morgan fingerprint density at radius 1 is 1.10 bits per heavy atom. The van der Waals surface area contributed by atoms with Crippen LogP contribution < -0.4 is 19.5 Å². The van der Waals surface area contributed by atoms with Crippen LogP contribution in [0.15, 0.2) is 29.6 Å². The molecule has 1 aromatic carbocycles. The third-order valence-corrected chi connectivity index (χ3v) is 5.08. The lowest BCUT2D eigenvalue weighted by Crippen LogP contribution is -2.14. The maximum absolute atomic E-state index is 12.3. The summed E-state index contributed by atoms with van der Waals surface area (Å²) in [4.78, 5) is 12.3. The summed E-state index contributed by atoms with van der Waals surface area (Å²) in [5, 5.41) is 16.0. The number of carbonyl (C=O) groups is 1. The van der Waals surface area contributed by atoms with Crippen molar-refractivity contribution in [1.29, 1.82) is 0 Å². The molecule has 0 spiro atoms. The molecule has 29 heavy (non-hydrogen) atoms. The lowest BCUT2D eigenvalue weighted by molar-refractivity contribution is -0.113. The molecule has 0 radical (unpaired) electrons. The third kappa shape index (κ3) is 4.45. The number of benzene rings is 1. The average molecular weight is 418 g/mol. The van der Waals surface area contributed by atoms with Crippen LogP contribution in [0.1, 0.15) is 0 Å². The average Bonchev–Trinajstić information content (AvgIpc) is 3.27. The molecule has 1 N–H and O–H groups in total. The monoisotopic (exact) mass is 418 g/mol. The number of aromatic nitrogens is 5. The van der Waals surface area contributed by atoms with Crippen LogP contribution in [0.2, 0.25) is 0 Å². The zero-order valence-corrected chi connectivity index (χ0v) is 17.6. The van der Waals surface area contributed by atoms with Crippen LogP contribution in [0, 0.1) is 0 Å². The van der Waals surface area contributed by atoms with E-state index in [9.17, 15) is 4.79 Å². The molecule has 0 aliphatic carbocycles. The fourth-order valence-electron chi connectivity index (χ4n) is 2.69. The first-order valence-corrected chi connectivity index (χ1v) is 9.57. The van der Waals surface area contributed by atoms with Gasteiger partial charge in [0.2, 0.25) is 11.8 Å². The minimum Gasteiger partial charge on any atom is -0.493 e. The number of hydrogen-bond donors (Lipinski definition) is 1. The van der Waals surface area contributed by atoms with Crippen molar-refractivity contribution in [2.45, 2.75) is 5.16 Å². The number of nitrogens with one attached hydrogen (secondary N) is 1. The van der Waals surface area contributed by atoms with Gasteiger partial charge >= 0.3 is 0 Å². The quantitative estimate of drug-likeness (QED) is 0.554. The summed E-state index contributed by atoms with van der Waals surface area (Å²) < 4.78 is 19.2. The number of methoxy groups -OCH3 is 3. The molecule has 2 heterocycles. The van der Waals surface area contributed by atoms with Gasteiger partial charge in [0.05, 0.1) is 27.1 Å². The molecule has 2 aromatic heterocycles. The van der Waals surface area contributed by atoms with Crippen molar-refractivity contribution in [2.75, 3.05) is 32.4 Å². The molecule has 10 nitrogen and oxygen atoms in total. The summed E-state index contributed by atoms with van der Waals surface area (Å²) in [5.74, 6) is 2.21. The van der Waals surface area contributed by atoms with Gasteiger partial charge in [-0.25, -0.2) is 0 Å². The second-order valence-corrected chi connectivity index (χ2v) is 6.94. The van der Waals surface area contributed by atoms with Crippen molar-refractivity contribution < 1.29 is 19.0 Å². The Balaban J connectivity index is 1.66. The fourth-order valence-corrected chi connectivity index (χ4v) is 3.40. The highest BCUT2D eigenvalue weighted by molar-refractivity contribution is 7.99. The van der Waals surface area contributed by atoms with E-state index in [0.29, 0.717) is 34.0 Å². The first-order valence-electron chi connectivity index (χ1n) is 8.58. The standard InChI is InChI=1S/C18H22N6O4S/c1-23-9-12(17(22-23)28-5)16-20-21-18(24(16)2)29-10-15(25)19-11-6-7-13(26-3)14(8-11)27-4/h6-9H,10H2,1-5H3,(H,19,25). The molecule has 154 valence electrons. The molecular weight excluding hydrogens is 396 g/mol. The first kappa shape index (κ1) is 20.5. The van der Waals surface area contributed by atoms with Gasteiger partial charge in [-0.15, -0.1) is 15.3 Å². The van der Waals surface area contributed by atoms with E-state index >= 15 is 0 Å². The van der Waals surface area contributed by atoms with Gasteiger partial charge in [0.25, 0.3) is 0 Å². The summed E-state index contributed by atoms with van der Waals surface area (Å²) >= 11 is 1.28. The van der Waals surface area contributed by atoms with Crippen LogP contribution in [0.25, 0.3) is 11.4 Å². The van der Waals surface area contributed by atoms with Crippen molar-refractivity contribution in [3.05, 3.63) is 24.4 Å². The lowest BCUT2D eigenvalue weighted by atomic mass is 10.2. The van der Waals surface area contributed by atoms with E-state index in [1.165, 1.54) is 11.8 Å². The third-order valence-electron chi connectivity index (χ3n) is 4.06. The largest absolute Gasteiger partial charge is 0.493 e. The summed E-state index contributed by atoms with van der Waals surface area (Å²) in [6.45, 7) is 0. The van der Waals surface area contributed by atoms with Gasteiger partial charge in [-0.05, 0) is 12.1 Å². The molecule has 1 amide bonds. The Morgan fingerprint density at radius 2 is 1.86 bits per heavy atom. The van der Waals surface area contributed by atoms with Gasteiger partial charge in [-0.3, -0.25) is 9.48 Å². The normalized spacial score (nSPS) is 10.7. The molecule has 3 aromatic rings. The van der Waals surface area contributed by atoms with Crippen molar-refractivity contribution in [3.63, 3.8) is 0 Å². The zero-order chi connectivity index (χ0) is 21.0. The number of thioether (sulfide) groups is 1. The van der Waals surface area contributed by atoms with Gasteiger partial charge in [0.1, 0.15) is 5.56 Å². The second kappa shape index (κ2) is 8.86. The summed E-state index contributed by atoms with van der Waals surface area (Å²) in [6, 6.07) is 5.19. The Bertz CT molecular complexity index is 1020. The number of ether oxygens (including phenoxy) is 3. The smallest absolute Gasteiger partial charge is 0.243 e. The van der Waals surface area contributed by atoms with Gasteiger partial charge in [0, 0.05) is 32.0 Å². The minimum absolute atomic E-state index is 0.171. The zero-order valence-electron chi connectivity index (χ0n) is 16.8. The molecule has 0 fully saturated rings. The molecule has 0 atom stereocenters. The number of amides is 1. The van der Waals surface area contributed by atoms with E-state index in [1.807, 2.05) is 7.05 Å². The molecule has 0 aliphatic heterocycles. The SMILES string of the molecule is COc1ccc(NC(=O)CSc2nnc(-c3cn(C)nc3OC)n2C)cc1OC. The number of carbonyl (C=O) groups excluding carboxylic acids is 1. The first-order chi connectivity index (χ1) is 14.0. The molecule has 3 rings (SSSR count). The lowest BCUT2D eigenvalue weighted by Gasteiger charge is -2.10. The van der Waals surface area contributed by atoms with Crippen LogP contribution in [-0.4, -0.2) is 57.5 Å². The molecule has 0 bridgehead atoms. The number of hydrogen-bond acceptors (Lipinski definition) is 8. The number of rotatable bonds is 8. The topological polar surface area (TPSA) is 105 Å². The highest BCUT2D eigenvalue weighted by Crippen LogP contribution is 2.31. The van der Waals surface area contributed by atoms with Crippen LogP contribution in [0.4, 0.5) is 5.69 Å². The summed E-state index contributed by atoms with van der Waals surface area (Å²) in [7, 11) is 8.29. The Morgan fingerprint density at radius 3 is 2.55 bits per heavy atom. The van der Waals surface area contributed by atoms with E-state index in [4.69, 9.17) is 14.2 Å². The number of aryl methyl sites for hydroxylation is 1. The highest BCUT2D eigenvalue weighted by atomic mass is 32.2. The van der Waals surface area contributed by atoms with Crippen molar-refractivity contribution in [2.24, 2.45) is 14.1 Å². The van der Waals surface area contributed by atoms with Crippen molar-refractivity contribution in [3.8, 4) is 28.8 Å². The Labute approximate surface area is 172 Å². The fraction of sp³-hybridized carbons (Fsp3) is 0.333. The second-order valence-electron chi connectivity index (χ2n) is 6.00. The molecule has 0 aliphatic rings. The van der Waals surface area contributed by atoms with Gasteiger partial charge in [-0.2, -0.15) is 0 Å². The van der Waals surface area contributed by atoms with Crippen LogP contribution in [0.5, 0.6) is 17.4 Å². The van der Waals surface area contributed by atoms with E-state index in [-0.39, 0.29) is 11.7 Å². The number of anilines is 1. The van der Waals surface area contributed by atoms with Crippen molar-refractivity contribution in [1.82, 2.24) is 24.5 Å². The van der Waals surface area contributed by atoms with Gasteiger partial charge < -0.3 is 24.1 Å². The Hall–Kier alpha value is -3.21. The van der Waals surface area contributed by atoms with Crippen molar-refractivity contribution >= 4 is 23.4 Å². The highest BCUT2D eigenvalue weighted by Gasteiger charge is 2.19. The van der Waals surface area contributed by atoms with E-state index < -0.39 is 0 Å². The molecule has 11 heteroatoms. The van der Waals surface area contributed by atoms with E-state index in [2.05, 4.69) is 20.6 Å². The summed E-state index contributed by atoms with van der Waals surface area (Å²) in [5.41, 5.74) is 1.35. The molecular formula is C18H22N6O4S. The maximum Gasteiger partial charge on any atom is 0.243 e. The molecule has 0 unspecified atom stereocenters. The van der Waals surface area contributed by atoms with Crippen LogP contribution >= 0.6 is 11.8 Å². The summed E-state index contributed by atoms with van der Waals surface area (Å²) in [6.07, 6.45) is 1.81. The predicted octanol–water partition coefficient (Wildman–Crippen LogP) is 1.97. The predicted molar refractivity (Wildman–Crippen MR) is 109 cm³/mol. The van der Waals surface area contributed by atoms with Crippen LogP contribution in [0.3, 0.4) is 0 Å². The number of nitrogens with zero attached hydrogens (tertiary/aromatic N) is 5.